The molecule has 1 aliphatic carbocycles. The highest BCUT2D eigenvalue weighted by Gasteiger charge is 2.22. The molecule has 1 heterocycles. The van der Waals surface area contributed by atoms with Crippen LogP contribution in [0.4, 0.5) is 0 Å². The van der Waals surface area contributed by atoms with Crippen LogP contribution in [0.25, 0.3) is 0 Å². The summed E-state index contributed by atoms with van der Waals surface area (Å²) in [5.74, 6) is 2.46. The largest absolute Gasteiger partial charge is 0.493 e. The number of rotatable bonds is 7. The fourth-order valence-electron chi connectivity index (χ4n) is 2.43. The lowest BCUT2D eigenvalue weighted by molar-refractivity contribution is 0.296. The third-order valence-electron chi connectivity index (χ3n) is 4.17. The van der Waals surface area contributed by atoms with E-state index in [1.54, 1.807) is 13.2 Å². The number of ether oxygens (including phenoxy) is 1. The van der Waals surface area contributed by atoms with Crippen molar-refractivity contribution in [3.8, 4) is 5.75 Å². The molecule has 0 saturated heterocycles. The Morgan fingerprint density at radius 2 is 2.04 bits per heavy atom. The van der Waals surface area contributed by atoms with Crippen LogP contribution in [0, 0.1) is 5.92 Å². The van der Waals surface area contributed by atoms with E-state index in [0.29, 0.717) is 13.1 Å². The minimum Gasteiger partial charge on any atom is -0.493 e. The normalized spacial score (nSPS) is 14.5. The molecule has 6 nitrogen and oxygen atoms in total. The Morgan fingerprint density at radius 1 is 1.25 bits per heavy atom. The maximum Gasteiger partial charge on any atom is 0.191 e. The smallest absolute Gasteiger partial charge is 0.191 e. The molecule has 0 unspecified atom stereocenters. The molecule has 24 heavy (non-hydrogen) atoms. The van der Waals surface area contributed by atoms with Gasteiger partial charge in [-0.2, -0.15) is 5.10 Å². The average Bonchev–Trinajstić information content (AvgIpc) is 3.35. The van der Waals surface area contributed by atoms with Crippen molar-refractivity contribution in [2.45, 2.75) is 25.9 Å². The highest BCUT2D eigenvalue weighted by molar-refractivity contribution is 5.79. The minimum atomic E-state index is 0.673. The molecule has 3 rings (SSSR count). The fourth-order valence-corrected chi connectivity index (χ4v) is 2.43. The Kier molecular flexibility index (Phi) is 5.36. The zero-order valence-corrected chi connectivity index (χ0v) is 14.3. The molecule has 0 spiro atoms. The quantitative estimate of drug-likeness (QED) is 0.604. The molecule has 0 aliphatic heterocycles. The lowest BCUT2D eigenvalue weighted by Crippen LogP contribution is -2.36. The molecule has 1 aromatic heterocycles. The summed E-state index contributed by atoms with van der Waals surface area (Å²) in [6.45, 7) is 2.17. The Balaban J connectivity index is 1.52. The third kappa shape index (κ3) is 4.50. The van der Waals surface area contributed by atoms with Gasteiger partial charge in [0.05, 0.1) is 18.8 Å². The number of hydrogen-bond acceptors (Lipinski definition) is 3. The molecule has 1 aliphatic rings. The van der Waals surface area contributed by atoms with Gasteiger partial charge in [0.15, 0.2) is 5.96 Å². The Morgan fingerprint density at radius 3 is 2.75 bits per heavy atom. The van der Waals surface area contributed by atoms with E-state index in [4.69, 9.17) is 4.74 Å². The predicted molar refractivity (Wildman–Crippen MR) is 94.9 cm³/mol. The number of aromatic nitrogens is 2. The number of nitrogens with zero attached hydrogens (tertiary/aromatic N) is 3. The molecule has 2 N–H and O–H groups in total. The fraction of sp³-hybridized carbons (Fsp3) is 0.444. The SMILES string of the molecule is CN=C(NCc1ccccc1OCC1CC1)NCc1ccnn1C. The summed E-state index contributed by atoms with van der Waals surface area (Å²) in [4.78, 5) is 4.27. The minimum absolute atomic E-state index is 0.673. The van der Waals surface area contributed by atoms with Gasteiger partial charge >= 0.3 is 0 Å². The molecule has 0 atom stereocenters. The summed E-state index contributed by atoms with van der Waals surface area (Å²) in [5, 5.41) is 10.8. The number of para-hydroxylation sites is 1. The van der Waals surface area contributed by atoms with Crippen molar-refractivity contribution >= 4 is 5.96 Å². The van der Waals surface area contributed by atoms with E-state index in [-0.39, 0.29) is 0 Å². The molecule has 0 amide bonds. The van der Waals surface area contributed by atoms with E-state index < -0.39 is 0 Å². The number of benzene rings is 1. The number of guanidine groups is 1. The van der Waals surface area contributed by atoms with E-state index in [1.165, 1.54) is 12.8 Å². The van der Waals surface area contributed by atoms with Gasteiger partial charge in [0.2, 0.25) is 0 Å². The van der Waals surface area contributed by atoms with Crippen molar-refractivity contribution in [2.75, 3.05) is 13.7 Å². The van der Waals surface area contributed by atoms with Crippen molar-refractivity contribution in [1.82, 2.24) is 20.4 Å². The van der Waals surface area contributed by atoms with Gasteiger partial charge in [0, 0.05) is 32.4 Å². The molecular formula is C18H25N5O. The molecule has 1 saturated carbocycles. The van der Waals surface area contributed by atoms with Gasteiger partial charge in [0.1, 0.15) is 5.75 Å². The summed E-state index contributed by atoms with van der Waals surface area (Å²) in [6.07, 6.45) is 4.39. The van der Waals surface area contributed by atoms with Gasteiger partial charge in [-0.25, -0.2) is 0 Å². The monoisotopic (exact) mass is 327 g/mol. The van der Waals surface area contributed by atoms with Gasteiger partial charge in [-0.05, 0) is 30.9 Å². The summed E-state index contributed by atoms with van der Waals surface area (Å²) >= 11 is 0. The maximum atomic E-state index is 5.95. The Labute approximate surface area is 142 Å². The summed E-state index contributed by atoms with van der Waals surface area (Å²) in [6, 6.07) is 10.2. The topological polar surface area (TPSA) is 63.5 Å². The van der Waals surface area contributed by atoms with Crippen LogP contribution in [0.5, 0.6) is 5.75 Å². The molecule has 0 bridgehead atoms. The van der Waals surface area contributed by atoms with Crippen LogP contribution < -0.4 is 15.4 Å². The Bertz CT molecular complexity index is 690. The van der Waals surface area contributed by atoms with E-state index in [1.807, 2.05) is 36.0 Å². The first-order valence-electron chi connectivity index (χ1n) is 8.38. The molecule has 0 radical (unpaired) electrons. The van der Waals surface area contributed by atoms with E-state index >= 15 is 0 Å². The second-order valence-corrected chi connectivity index (χ2v) is 6.09. The molecule has 128 valence electrons. The van der Waals surface area contributed by atoms with Crippen molar-refractivity contribution in [3.63, 3.8) is 0 Å². The second-order valence-electron chi connectivity index (χ2n) is 6.09. The van der Waals surface area contributed by atoms with Crippen molar-refractivity contribution < 1.29 is 4.74 Å². The van der Waals surface area contributed by atoms with Gasteiger partial charge in [-0.1, -0.05) is 18.2 Å². The molecular weight excluding hydrogens is 302 g/mol. The lowest BCUT2D eigenvalue weighted by Gasteiger charge is -2.15. The lowest BCUT2D eigenvalue weighted by atomic mass is 10.2. The zero-order valence-electron chi connectivity index (χ0n) is 14.3. The first kappa shape index (κ1) is 16.4. The van der Waals surface area contributed by atoms with Crippen LogP contribution in [0.3, 0.4) is 0 Å². The summed E-state index contributed by atoms with van der Waals surface area (Å²) < 4.78 is 7.80. The predicted octanol–water partition coefficient (Wildman–Crippen LogP) is 2.07. The third-order valence-corrected chi connectivity index (χ3v) is 4.17. The standard InChI is InChI=1S/C18H25N5O/c1-19-18(21-12-16-9-10-22-23(16)2)20-11-15-5-3-4-6-17(15)24-13-14-7-8-14/h3-6,9-10,14H,7-8,11-13H2,1-2H3,(H2,19,20,21). The average molecular weight is 327 g/mol. The zero-order chi connectivity index (χ0) is 16.8. The summed E-state index contributed by atoms with van der Waals surface area (Å²) in [5.41, 5.74) is 2.24. The molecule has 6 heteroatoms. The highest BCUT2D eigenvalue weighted by Crippen LogP contribution is 2.30. The van der Waals surface area contributed by atoms with Crippen LogP contribution >= 0.6 is 0 Å². The first-order valence-corrected chi connectivity index (χ1v) is 8.38. The molecule has 1 fully saturated rings. The van der Waals surface area contributed by atoms with E-state index in [9.17, 15) is 0 Å². The van der Waals surface area contributed by atoms with Crippen LogP contribution in [0.1, 0.15) is 24.1 Å². The van der Waals surface area contributed by atoms with Crippen LogP contribution in [0.15, 0.2) is 41.5 Å². The Hall–Kier alpha value is -2.50. The molecule has 1 aromatic carbocycles. The number of nitrogens with one attached hydrogen (secondary N) is 2. The molecule has 2 aromatic rings. The summed E-state index contributed by atoms with van der Waals surface area (Å²) in [7, 11) is 3.70. The maximum absolute atomic E-state index is 5.95. The number of hydrogen-bond donors (Lipinski definition) is 2. The highest BCUT2D eigenvalue weighted by atomic mass is 16.5. The van der Waals surface area contributed by atoms with E-state index in [2.05, 4.69) is 26.8 Å². The van der Waals surface area contributed by atoms with Crippen molar-refractivity contribution in [3.05, 3.63) is 47.8 Å². The van der Waals surface area contributed by atoms with Crippen LogP contribution in [0.2, 0.25) is 0 Å². The van der Waals surface area contributed by atoms with Gasteiger partial charge in [-0.3, -0.25) is 9.67 Å². The van der Waals surface area contributed by atoms with Crippen molar-refractivity contribution in [1.29, 1.82) is 0 Å². The van der Waals surface area contributed by atoms with Crippen molar-refractivity contribution in [2.24, 2.45) is 18.0 Å². The van der Waals surface area contributed by atoms with Gasteiger partial charge in [-0.15, -0.1) is 0 Å². The first-order chi connectivity index (χ1) is 11.8. The van der Waals surface area contributed by atoms with Crippen LogP contribution in [-0.2, 0) is 20.1 Å². The van der Waals surface area contributed by atoms with Gasteiger partial charge < -0.3 is 15.4 Å². The van der Waals surface area contributed by atoms with Gasteiger partial charge in [0.25, 0.3) is 0 Å². The number of aryl methyl sites for hydroxylation is 1. The number of aliphatic imine (C=N–C) groups is 1. The van der Waals surface area contributed by atoms with Crippen LogP contribution in [-0.4, -0.2) is 29.4 Å². The van der Waals surface area contributed by atoms with E-state index in [0.717, 1.165) is 35.5 Å². The second kappa shape index (κ2) is 7.86.